The number of para-hydroxylation sites is 1. The molecule has 0 aliphatic rings. The fourth-order valence-corrected chi connectivity index (χ4v) is 2.36. The highest BCUT2D eigenvalue weighted by atomic mass is 16.3. The Morgan fingerprint density at radius 3 is 3.00 bits per heavy atom. The highest BCUT2D eigenvalue weighted by Crippen LogP contribution is 2.18. The van der Waals surface area contributed by atoms with E-state index in [-0.39, 0.29) is 18.7 Å². The van der Waals surface area contributed by atoms with Crippen molar-refractivity contribution < 1.29 is 9.90 Å². The number of urea groups is 1. The number of fused-ring (bicyclic) bond motifs is 1. The average Bonchev–Trinajstić information content (AvgIpc) is 2.87. The van der Waals surface area contributed by atoms with E-state index in [1.807, 2.05) is 25.3 Å². The van der Waals surface area contributed by atoms with Crippen LogP contribution in [0.2, 0.25) is 0 Å². The molecule has 21 heavy (non-hydrogen) atoms. The lowest BCUT2D eigenvalue weighted by Gasteiger charge is -2.13. The van der Waals surface area contributed by atoms with Crippen LogP contribution in [-0.2, 0) is 6.42 Å². The molecule has 0 bridgehead atoms. The van der Waals surface area contributed by atoms with Gasteiger partial charge >= 0.3 is 6.03 Å². The van der Waals surface area contributed by atoms with Gasteiger partial charge in [0.2, 0.25) is 0 Å². The van der Waals surface area contributed by atoms with Crippen molar-refractivity contribution in [2.75, 3.05) is 13.2 Å². The van der Waals surface area contributed by atoms with Crippen LogP contribution in [0.4, 0.5) is 4.79 Å². The highest BCUT2D eigenvalue weighted by molar-refractivity contribution is 5.83. The SMILES string of the molecule is C[C@H](CCO)NC(=O)NCCCc1c[nH]c2ccccc12. The summed E-state index contributed by atoms with van der Waals surface area (Å²) in [5.41, 5.74) is 2.43. The van der Waals surface area contributed by atoms with Gasteiger partial charge in [-0.25, -0.2) is 4.79 Å². The number of hydrogen-bond donors (Lipinski definition) is 4. The van der Waals surface area contributed by atoms with Gasteiger partial charge in [-0.2, -0.15) is 0 Å². The fraction of sp³-hybridized carbons (Fsp3) is 0.438. The lowest BCUT2D eigenvalue weighted by Crippen LogP contribution is -2.41. The summed E-state index contributed by atoms with van der Waals surface area (Å²) in [6.07, 6.45) is 4.43. The maximum absolute atomic E-state index is 11.6. The van der Waals surface area contributed by atoms with Crippen molar-refractivity contribution in [3.8, 4) is 0 Å². The van der Waals surface area contributed by atoms with Crippen molar-refractivity contribution in [3.63, 3.8) is 0 Å². The first-order chi connectivity index (χ1) is 10.2. The van der Waals surface area contributed by atoms with E-state index in [0.717, 1.165) is 18.4 Å². The number of carbonyl (C=O) groups is 1. The third-order valence-corrected chi connectivity index (χ3v) is 3.52. The number of aliphatic hydroxyl groups excluding tert-OH is 1. The summed E-state index contributed by atoms with van der Waals surface area (Å²) < 4.78 is 0. The average molecular weight is 289 g/mol. The first-order valence-electron chi connectivity index (χ1n) is 7.41. The molecule has 0 spiro atoms. The molecule has 0 radical (unpaired) electrons. The quantitative estimate of drug-likeness (QED) is 0.590. The molecule has 1 aromatic carbocycles. The number of nitrogens with one attached hydrogen (secondary N) is 3. The summed E-state index contributed by atoms with van der Waals surface area (Å²) >= 11 is 0. The van der Waals surface area contributed by atoms with E-state index in [2.05, 4.69) is 27.8 Å². The number of benzene rings is 1. The van der Waals surface area contributed by atoms with E-state index in [0.29, 0.717) is 13.0 Å². The van der Waals surface area contributed by atoms with E-state index < -0.39 is 0 Å². The monoisotopic (exact) mass is 289 g/mol. The summed E-state index contributed by atoms with van der Waals surface area (Å²) in [4.78, 5) is 14.8. The number of hydrogen-bond acceptors (Lipinski definition) is 2. The zero-order chi connectivity index (χ0) is 15.1. The first-order valence-corrected chi connectivity index (χ1v) is 7.41. The lowest BCUT2D eigenvalue weighted by atomic mass is 10.1. The van der Waals surface area contributed by atoms with Crippen molar-refractivity contribution in [1.29, 1.82) is 0 Å². The van der Waals surface area contributed by atoms with Crippen LogP contribution in [0.15, 0.2) is 30.5 Å². The molecule has 114 valence electrons. The van der Waals surface area contributed by atoms with Crippen LogP contribution in [0.3, 0.4) is 0 Å². The molecule has 2 rings (SSSR count). The van der Waals surface area contributed by atoms with Crippen molar-refractivity contribution in [2.24, 2.45) is 0 Å². The molecule has 2 aromatic rings. The second-order valence-corrected chi connectivity index (χ2v) is 5.28. The number of rotatable bonds is 7. The summed E-state index contributed by atoms with van der Waals surface area (Å²) in [6, 6.07) is 8.04. The van der Waals surface area contributed by atoms with Crippen molar-refractivity contribution in [2.45, 2.75) is 32.2 Å². The Hall–Kier alpha value is -2.01. The number of aromatic nitrogens is 1. The summed E-state index contributed by atoms with van der Waals surface area (Å²) in [5.74, 6) is 0. The van der Waals surface area contributed by atoms with Gasteiger partial charge in [0.05, 0.1) is 0 Å². The number of carbonyl (C=O) groups excluding carboxylic acids is 1. The van der Waals surface area contributed by atoms with E-state index in [1.165, 1.54) is 10.9 Å². The molecule has 0 fully saturated rings. The summed E-state index contributed by atoms with van der Waals surface area (Å²) in [7, 11) is 0. The van der Waals surface area contributed by atoms with Crippen LogP contribution in [0.25, 0.3) is 10.9 Å². The Labute approximate surface area is 124 Å². The number of amides is 2. The zero-order valence-corrected chi connectivity index (χ0v) is 12.4. The van der Waals surface area contributed by atoms with Crippen LogP contribution in [0, 0.1) is 0 Å². The Balaban J connectivity index is 1.71. The Morgan fingerprint density at radius 2 is 2.19 bits per heavy atom. The molecule has 0 unspecified atom stereocenters. The molecular weight excluding hydrogens is 266 g/mol. The van der Waals surface area contributed by atoms with Crippen molar-refractivity contribution in [3.05, 3.63) is 36.0 Å². The van der Waals surface area contributed by atoms with Crippen LogP contribution >= 0.6 is 0 Å². The van der Waals surface area contributed by atoms with E-state index in [9.17, 15) is 4.79 Å². The molecule has 0 aliphatic carbocycles. The molecule has 1 atom stereocenters. The van der Waals surface area contributed by atoms with Gasteiger partial charge in [-0.05, 0) is 37.8 Å². The van der Waals surface area contributed by atoms with Crippen LogP contribution < -0.4 is 10.6 Å². The topological polar surface area (TPSA) is 77.2 Å². The molecule has 2 amide bonds. The first kappa shape index (κ1) is 15.4. The number of aromatic amines is 1. The van der Waals surface area contributed by atoms with Crippen LogP contribution in [0.1, 0.15) is 25.3 Å². The van der Waals surface area contributed by atoms with Gasteiger partial charge < -0.3 is 20.7 Å². The van der Waals surface area contributed by atoms with Crippen LogP contribution in [-0.4, -0.2) is 35.3 Å². The number of H-pyrrole nitrogens is 1. The van der Waals surface area contributed by atoms with E-state index in [4.69, 9.17) is 5.11 Å². The van der Waals surface area contributed by atoms with Crippen molar-refractivity contribution >= 4 is 16.9 Å². The minimum absolute atomic E-state index is 0.0105. The van der Waals surface area contributed by atoms with Crippen LogP contribution in [0.5, 0.6) is 0 Å². The normalized spacial score (nSPS) is 12.3. The predicted octanol–water partition coefficient (Wildman–Crippen LogP) is 2.17. The van der Waals surface area contributed by atoms with E-state index in [1.54, 1.807) is 0 Å². The van der Waals surface area contributed by atoms with Gasteiger partial charge in [-0.15, -0.1) is 0 Å². The zero-order valence-electron chi connectivity index (χ0n) is 12.4. The number of aliphatic hydroxyl groups is 1. The maximum Gasteiger partial charge on any atom is 0.314 e. The second kappa shape index (κ2) is 7.69. The van der Waals surface area contributed by atoms with Gasteiger partial charge in [-0.1, -0.05) is 18.2 Å². The molecule has 0 aliphatic heterocycles. The summed E-state index contributed by atoms with van der Waals surface area (Å²) in [5, 5.41) is 15.7. The fourth-order valence-electron chi connectivity index (χ4n) is 2.36. The molecular formula is C16H23N3O2. The molecule has 1 heterocycles. The third kappa shape index (κ3) is 4.49. The van der Waals surface area contributed by atoms with E-state index >= 15 is 0 Å². The third-order valence-electron chi connectivity index (χ3n) is 3.52. The summed E-state index contributed by atoms with van der Waals surface area (Å²) in [6.45, 7) is 2.60. The molecule has 1 aromatic heterocycles. The molecule has 5 heteroatoms. The second-order valence-electron chi connectivity index (χ2n) is 5.28. The smallest absolute Gasteiger partial charge is 0.314 e. The highest BCUT2D eigenvalue weighted by Gasteiger charge is 2.06. The van der Waals surface area contributed by atoms with Crippen molar-refractivity contribution in [1.82, 2.24) is 15.6 Å². The molecule has 0 saturated carbocycles. The predicted molar refractivity (Wildman–Crippen MR) is 84.3 cm³/mol. The molecule has 0 saturated heterocycles. The van der Waals surface area contributed by atoms with Gasteiger partial charge in [-0.3, -0.25) is 0 Å². The number of aryl methyl sites for hydroxylation is 1. The van der Waals surface area contributed by atoms with Gasteiger partial charge in [0.1, 0.15) is 0 Å². The Kier molecular flexibility index (Phi) is 5.63. The molecule has 5 nitrogen and oxygen atoms in total. The largest absolute Gasteiger partial charge is 0.396 e. The molecule has 4 N–H and O–H groups in total. The Bertz CT molecular complexity index is 580. The van der Waals surface area contributed by atoms with Gasteiger partial charge in [0.15, 0.2) is 0 Å². The maximum atomic E-state index is 11.6. The minimum atomic E-state index is -0.171. The minimum Gasteiger partial charge on any atom is -0.396 e. The van der Waals surface area contributed by atoms with Gasteiger partial charge in [0.25, 0.3) is 0 Å². The standard InChI is InChI=1S/C16H23N3O2/c1-12(8-10-20)19-16(21)17-9-4-5-13-11-18-15-7-3-2-6-14(13)15/h2-3,6-7,11-12,18,20H,4-5,8-10H2,1H3,(H2,17,19,21)/t12-/m1/s1. The lowest BCUT2D eigenvalue weighted by molar-refractivity contribution is 0.231. The Morgan fingerprint density at radius 1 is 1.38 bits per heavy atom. The van der Waals surface area contributed by atoms with Gasteiger partial charge in [0, 0.05) is 36.3 Å².